The van der Waals surface area contributed by atoms with Gasteiger partial charge in [-0.15, -0.1) is 0 Å². The zero-order valence-corrected chi connectivity index (χ0v) is 14.8. The second kappa shape index (κ2) is 8.24. The molecule has 128 valence electrons. The van der Waals surface area contributed by atoms with Crippen molar-refractivity contribution in [2.45, 2.75) is 38.0 Å². The summed E-state index contributed by atoms with van der Waals surface area (Å²) in [6.07, 6.45) is 6.68. The van der Waals surface area contributed by atoms with Crippen molar-refractivity contribution in [1.82, 2.24) is 14.9 Å². The standard InChI is InChI=1S/C18H24N4OS/c1-2-24-13-14-6-5-7-15(12-14)21-18(23)22-11-4-3-8-16(22)17-19-9-10-20-17/h5-7,9-10,12,16H,2-4,8,11,13H2,1H3,(H,19,20)(H,21,23). The molecule has 1 saturated heterocycles. The molecule has 2 amide bonds. The van der Waals surface area contributed by atoms with Crippen LogP contribution in [0.3, 0.4) is 0 Å². The maximum absolute atomic E-state index is 12.8. The van der Waals surface area contributed by atoms with Gasteiger partial charge in [0.25, 0.3) is 0 Å². The number of hydrogen-bond acceptors (Lipinski definition) is 3. The fourth-order valence-electron chi connectivity index (χ4n) is 3.07. The van der Waals surface area contributed by atoms with Gasteiger partial charge in [0, 0.05) is 30.4 Å². The molecule has 1 atom stereocenters. The zero-order chi connectivity index (χ0) is 16.8. The largest absolute Gasteiger partial charge is 0.347 e. The Kier molecular flexibility index (Phi) is 5.80. The molecular formula is C18H24N4OS. The van der Waals surface area contributed by atoms with Crippen molar-refractivity contribution in [3.8, 4) is 0 Å². The third kappa shape index (κ3) is 4.12. The molecule has 1 aliphatic rings. The van der Waals surface area contributed by atoms with E-state index in [0.29, 0.717) is 0 Å². The minimum Gasteiger partial charge on any atom is -0.347 e. The van der Waals surface area contributed by atoms with E-state index in [1.54, 1.807) is 6.20 Å². The molecular weight excluding hydrogens is 320 g/mol. The summed E-state index contributed by atoms with van der Waals surface area (Å²) in [7, 11) is 0. The van der Waals surface area contributed by atoms with E-state index < -0.39 is 0 Å². The van der Waals surface area contributed by atoms with Crippen LogP contribution in [-0.4, -0.2) is 33.2 Å². The van der Waals surface area contributed by atoms with Gasteiger partial charge >= 0.3 is 6.03 Å². The van der Waals surface area contributed by atoms with Gasteiger partial charge in [0.1, 0.15) is 5.82 Å². The lowest BCUT2D eigenvalue weighted by molar-refractivity contribution is 0.160. The topological polar surface area (TPSA) is 61.0 Å². The Morgan fingerprint density at radius 3 is 3.17 bits per heavy atom. The number of aromatic nitrogens is 2. The number of urea groups is 1. The number of likely N-dealkylation sites (tertiary alicyclic amines) is 1. The molecule has 0 aliphatic carbocycles. The number of benzene rings is 1. The Morgan fingerprint density at radius 1 is 1.46 bits per heavy atom. The molecule has 0 saturated carbocycles. The number of nitrogens with one attached hydrogen (secondary N) is 2. The smallest absolute Gasteiger partial charge is 0.322 e. The van der Waals surface area contributed by atoms with Crippen LogP contribution in [0, 0.1) is 0 Å². The van der Waals surface area contributed by atoms with Crippen LogP contribution in [0.4, 0.5) is 10.5 Å². The highest BCUT2D eigenvalue weighted by Gasteiger charge is 2.29. The number of imidazole rings is 1. The molecule has 0 bridgehead atoms. The highest BCUT2D eigenvalue weighted by atomic mass is 32.2. The molecule has 1 fully saturated rings. The number of amides is 2. The zero-order valence-electron chi connectivity index (χ0n) is 14.0. The predicted octanol–water partition coefficient (Wildman–Crippen LogP) is 4.42. The van der Waals surface area contributed by atoms with Crippen molar-refractivity contribution in [1.29, 1.82) is 0 Å². The van der Waals surface area contributed by atoms with Crippen LogP contribution in [0.5, 0.6) is 0 Å². The Morgan fingerprint density at radius 2 is 2.38 bits per heavy atom. The van der Waals surface area contributed by atoms with Gasteiger partial charge in [-0.1, -0.05) is 19.1 Å². The van der Waals surface area contributed by atoms with Crippen molar-refractivity contribution in [3.63, 3.8) is 0 Å². The maximum atomic E-state index is 12.8. The van der Waals surface area contributed by atoms with Crippen molar-refractivity contribution in [2.75, 3.05) is 17.6 Å². The molecule has 2 N–H and O–H groups in total. The average molecular weight is 344 g/mol. The number of rotatable bonds is 5. The Balaban J connectivity index is 1.69. The van der Waals surface area contributed by atoms with E-state index in [9.17, 15) is 4.79 Å². The summed E-state index contributed by atoms with van der Waals surface area (Å²) in [6.45, 7) is 2.92. The lowest BCUT2D eigenvalue weighted by Gasteiger charge is -2.34. The van der Waals surface area contributed by atoms with Gasteiger partial charge < -0.3 is 15.2 Å². The van der Waals surface area contributed by atoms with E-state index in [-0.39, 0.29) is 12.1 Å². The monoisotopic (exact) mass is 344 g/mol. The minimum absolute atomic E-state index is 0.0348. The molecule has 24 heavy (non-hydrogen) atoms. The number of carbonyl (C=O) groups is 1. The maximum Gasteiger partial charge on any atom is 0.322 e. The van der Waals surface area contributed by atoms with E-state index in [4.69, 9.17) is 0 Å². The molecule has 3 rings (SSSR count). The molecule has 5 nitrogen and oxygen atoms in total. The molecule has 1 aliphatic heterocycles. The predicted molar refractivity (Wildman–Crippen MR) is 99.2 cm³/mol. The molecule has 2 heterocycles. The second-order valence-corrected chi connectivity index (χ2v) is 7.22. The normalized spacial score (nSPS) is 17.7. The van der Waals surface area contributed by atoms with Gasteiger partial charge in [-0.3, -0.25) is 0 Å². The Bertz CT molecular complexity index is 659. The Labute approximate surface area is 147 Å². The number of carbonyl (C=O) groups excluding carboxylic acids is 1. The van der Waals surface area contributed by atoms with E-state index in [2.05, 4.69) is 34.3 Å². The minimum atomic E-state index is -0.0450. The third-order valence-corrected chi connectivity index (χ3v) is 5.20. The highest BCUT2D eigenvalue weighted by molar-refractivity contribution is 7.98. The summed E-state index contributed by atoms with van der Waals surface area (Å²) in [4.78, 5) is 22.2. The van der Waals surface area contributed by atoms with Crippen molar-refractivity contribution in [2.24, 2.45) is 0 Å². The van der Waals surface area contributed by atoms with E-state index in [1.165, 1.54) is 5.56 Å². The highest BCUT2D eigenvalue weighted by Crippen LogP contribution is 2.29. The van der Waals surface area contributed by atoms with Gasteiger partial charge in [-0.2, -0.15) is 11.8 Å². The first-order valence-corrected chi connectivity index (χ1v) is 9.67. The molecule has 0 radical (unpaired) electrons. The summed E-state index contributed by atoms with van der Waals surface area (Å²) < 4.78 is 0. The van der Waals surface area contributed by atoms with Crippen LogP contribution in [0.1, 0.15) is 43.6 Å². The van der Waals surface area contributed by atoms with E-state index in [0.717, 1.165) is 48.8 Å². The van der Waals surface area contributed by atoms with Gasteiger partial charge in [-0.05, 0) is 42.7 Å². The molecule has 1 unspecified atom stereocenters. The number of thioether (sulfide) groups is 1. The summed E-state index contributed by atoms with van der Waals surface area (Å²) in [5.41, 5.74) is 2.10. The Hall–Kier alpha value is -1.95. The summed E-state index contributed by atoms with van der Waals surface area (Å²) in [5, 5.41) is 3.06. The number of H-pyrrole nitrogens is 1. The molecule has 2 aromatic rings. The molecule has 6 heteroatoms. The summed E-state index contributed by atoms with van der Waals surface area (Å²) in [5.74, 6) is 2.94. The van der Waals surface area contributed by atoms with Crippen molar-refractivity contribution < 1.29 is 4.79 Å². The van der Waals surface area contributed by atoms with Gasteiger partial charge in [0.2, 0.25) is 0 Å². The van der Waals surface area contributed by atoms with Crippen LogP contribution < -0.4 is 5.32 Å². The van der Waals surface area contributed by atoms with Crippen LogP contribution in [0.15, 0.2) is 36.7 Å². The van der Waals surface area contributed by atoms with E-state index >= 15 is 0 Å². The third-order valence-electron chi connectivity index (χ3n) is 4.25. The van der Waals surface area contributed by atoms with Crippen LogP contribution in [0.2, 0.25) is 0 Å². The summed E-state index contributed by atoms with van der Waals surface area (Å²) in [6, 6.07) is 8.10. The molecule has 1 aromatic heterocycles. The number of anilines is 1. The number of hydrogen-bond donors (Lipinski definition) is 2. The van der Waals surface area contributed by atoms with Crippen molar-refractivity contribution in [3.05, 3.63) is 48.0 Å². The fourth-order valence-corrected chi connectivity index (χ4v) is 3.69. The SMILES string of the molecule is CCSCc1cccc(NC(=O)N2CCCCC2c2ncc[nH]2)c1. The van der Waals surface area contributed by atoms with Gasteiger partial charge in [0.15, 0.2) is 0 Å². The van der Waals surface area contributed by atoms with Gasteiger partial charge in [0.05, 0.1) is 6.04 Å². The number of piperidine rings is 1. The van der Waals surface area contributed by atoms with E-state index in [1.807, 2.05) is 35.0 Å². The first-order valence-electron chi connectivity index (χ1n) is 8.51. The molecule has 1 aromatic carbocycles. The van der Waals surface area contributed by atoms with Crippen LogP contribution in [0.25, 0.3) is 0 Å². The fraction of sp³-hybridized carbons (Fsp3) is 0.444. The van der Waals surface area contributed by atoms with Crippen molar-refractivity contribution >= 4 is 23.5 Å². The second-order valence-electron chi connectivity index (χ2n) is 5.95. The van der Waals surface area contributed by atoms with Crippen LogP contribution in [-0.2, 0) is 5.75 Å². The lowest BCUT2D eigenvalue weighted by atomic mass is 10.0. The lowest BCUT2D eigenvalue weighted by Crippen LogP contribution is -2.41. The van der Waals surface area contributed by atoms with Crippen LogP contribution >= 0.6 is 11.8 Å². The first-order chi connectivity index (χ1) is 11.8. The number of aromatic amines is 1. The quantitative estimate of drug-likeness (QED) is 0.844. The van der Waals surface area contributed by atoms with Gasteiger partial charge in [-0.25, -0.2) is 9.78 Å². The number of nitrogens with zero attached hydrogens (tertiary/aromatic N) is 2. The molecule has 0 spiro atoms. The first kappa shape index (κ1) is 16.9. The summed E-state index contributed by atoms with van der Waals surface area (Å²) >= 11 is 1.88. The average Bonchev–Trinajstić information content (AvgIpc) is 3.15.